The smallest absolute Gasteiger partial charge is 0.316 e. The number of thioether (sulfide) groups is 2. The fourth-order valence-electron chi connectivity index (χ4n) is 1.70. The number of hydrogen-bond acceptors (Lipinski definition) is 5. The Morgan fingerprint density at radius 3 is 2.28 bits per heavy atom. The summed E-state index contributed by atoms with van der Waals surface area (Å²) < 4.78 is 5.27. The second kappa shape index (κ2) is 6.33. The van der Waals surface area contributed by atoms with Crippen LogP contribution >= 0.6 is 23.5 Å². The molecule has 0 radical (unpaired) electrons. The molecule has 0 N–H and O–H groups in total. The van der Waals surface area contributed by atoms with E-state index in [1.807, 2.05) is 20.8 Å². The Kier molecular flexibility index (Phi) is 5.59. The Bertz CT molecular complexity index is 323. The molecule has 5 heteroatoms. The highest BCUT2D eigenvalue weighted by Crippen LogP contribution is 2.33. The van der Waals surface area contributed by atoms with Gasteiger partial charge in [-0.05, 0) is 27.7 Å². The maximum atomic E-state index is 12.3. The normalized spacial score (nSPS) is 26.5. The Hall–Kier alpha value is -0.160. The van der Waals surface area contributed by atoms with Gasteiger partial charge in [0.2, 0.25) is 0 Å². The summed E-state index contributed by atoms with van der Waals surface area (Å²) in [5.41, 5.74) is -0.536. The molecule has 0 saturated carbocycles. The lowest BCUT2D eigenvalue weighted by atomic mass is 10.0. The number of carbonyl (C=O) groups is 2. The molecule has 1 heterocycles. The first kappa shape index (κ1) is 15.9. The van der Waals surface area contributed by atoms with E-state index in [0.29, 0.717) is 0 Å². The highest BCUT2D eigenvalue weighted by atomic mass is 32.2. The minimum Gasteiger partial charge on any atom is -0.459 e. The lowest BCUT2D eigenvalue weighted by Crippen LogP contribution is -2.39. The zero-order valence-electron chi connectivity index (χ0n) is 11.7. The molecule has 0 aromatic rings. The SMILES string of the molecule is CC(C(=O)OC(C)(C)C)C(=O)C1SCCSC1C. The van der Waals surface area contributed by atoms with Gasteiger partial charge in [-0.15, -0.1) is 11.8 Å². The quantitative estimate of drug-likeness (QED) is 0.590. The van der Waals surface area contributed by atoms with Crippen molar-refractivity contribution in [1.29, 1.82) is 0 Å². The van der Waals surface area contributed by atoms with E-state index in [1.54, 1.807) is 30.4 Å². The van der Waals surface area contributed by atoms with Crippen molar-refractivity contribution in [2.24, 2.45) is 5.92 Å². The second-order valence-electron chi connectivity index (χ2n) is 5.52. The first-order valence-electron chi connectivity index (χ1n) is 6.22. The first-order chi connectivity index (χ1) is 8.22. The van der Waals surface area contributed by atoms with E-state index in [0.717, 1.165) is 11.5 Å². The number of esters is 1. The van der Waals surface area contributed by atoms with Gasteiger partial charge < -0.3 is 4.74 Å². The monoisotopic (exact) mass is 290 g/mol. The number of ether oxygens (including phenoxy) is 1. The molecule has 1 aliphatic rings. The second-order valence-corrected chi connectivity index (χ2v) is 8.26. The van der Waals surface area contributed by atoms with E-state index in [1.165, 1.54) is 0 Å². The molecule has 1 aliphatic heterocycles. The number of ketones is 1. The molecule has 0 aliphatic carbocycles. The van der Waals surface area contributed by atoms with Crippen LogP contribution in [-0.4, -0.2) is 39.4 Å². The van der Waals surface area contributed by atoms with Crippen LogP contribution in [-0.2, 0) is 14.3 Å². The van der Waals surface area contributed by atoms with Gasteiger partial charge in [-0.3, -0.25) is 9.59 Å². The molecule has 1 rings (SSSR count). The van der Waals surface area contributed by atoms with Gasteiger partial charge in [-0.1, -0.05) is 6.92 Å². The molecule has 104 valence electrons. The van der Waals surface area contributed by atoms with Crippen molar-refractivity contribution in [3.8, 4) is 0 Å². The Balaban J connectivity index is 2.62. The molecule has 1 fully saturated rings. The van der Waals surface area contributed by atoms with Crippen molar-refractivity contribution >= 4 is 35.3 Å². The molecule has 1 saturated heterocycles. The minimum absolute atomic E-state index is 0.00829. The highest BCUT2D eigenvalue weighted by Gasteiger charge is 2.36. The topological polar surface area (TPSA) is 43.4 Å². The van der Waals surface area contributed by atoms with Crippen LogP contribution in [0, 0.1) is 5.92 Å². The van der Waals surface area contributed by atoms with Crippen LogP contribution in [0.15, 0.2) is 0 Å². The predicted octanol–water partition coefficient (Wildman–Crippen LogP) is 2.77. The maximum Gasteiger partial charge on any atom is 0.316 e. The van der Waals surface area contributed by atoms with Crippen molar-refractivity contribution in [1.82, 2.24) is 0 Å². The van der Waals surface area contributed by atoms with Crippen LogP contribution in [0.3, 0.4) is 0 Å². The van der Waals surface area contributed by atoms with Crippen molar-refractivity contribution in [3.63, 3.8) is 0 Å². The molecule has 18 heavy (non-hydrogen) atoms. The maximum absolute atomic E-state index is 12.3. The fraction of sp³-hybridized carbons (Fsp3) is 0.846. The van der Waals surface area contributed by atoms with Crippen molar-refractivity contribution < 1.29 is 14.3 Å². The van der Waals surface area contributed by atoms with E-state index in [9.17, 15) is 9.59 Å². The summed E-state index contributed by atoms with van der Waals surface area (Å²) in [6.45, 7) is 9.16. The Labute approximate surface area is 118 Å². The van der Waals surface area contributed by atoms with Gasteiger partial charge in [0.25, 0.3) is 0 Å². The molecule has 3 nitrogen and oxygen atoms in total. The number of carbonyl (C=O) groups excluding carboxylic acids is 2. The molecule has 0 aromatic heterocycles. The summed E-state index contributed by atoms with van der Waals surface area (Å²) in [4.78, 5) is 24.2. The molecule has 0 aromatic carbocycles. The first-order valence-corrected chi connectivity index (χ1v) is 8.32. The summed E-state index contributed by atoms with van der Waals surface area (Å²) >= 11 is 3.47. The van der Waals surface area contributed by atoms with Crippen LogP contribution < -0.4 is 0 Å². The van der Waals surface area contributed by atoms with E-state index in [-0.39, 0.29) is 16.3 Å². The van der Waals surface area contributed by atoms with E-state index in [4.69, 9.17) is 4.74 Å². The van der Waals surface area contributed by atoms with Crippen LogP contribution in [0.2, 0.25) is 0 Å². The van der Waals surface area contributed by atoms with Crippen LogP contribution in [0.4, 0.5) is 0 Å². The van der Waals surface area contributed by atoms with Crippen LogP contribution in [0.1, 0.15) is 34.6 Å². The molecule has 3 atom stereocenters. The summed E-state index contributed by atoms with van der Waals surface area (Å²) in [7, 11) is 0. The van der Waals surface area contributed by atoms with Crippen LogP contribution in [0.25, 0.3) is 0 Å². The molecule has 0 spiro atoms. The van der Waals surface area contributed by atoms with Gasteiger partial charge in [0.05, 0.1) is 5.25 Å². The summed E-state index contributed by atoms with van der Waals surface area (Å²) in [5, 5.41) is 0.201. The molecule has 3 unspecified atom stereocenters. The van der Waals surface area contributed by atoms with Gasteiger partial charge in [-0.2, -0.15) is 11.8 Å². The molecular weight excluding hydrogens is 268 g/mol. The van der Waals surface area contributed by atoms with E-state index in [2.05, 4.69) is 6.92 Å². The van der Waals surface area contributed by atoms with Gasteiger partial charge in [-0.25, -0.2) is 0 Å². The van der Waals surface area contributed by atoms with Crippen molar-refractivity contribution in [2.45, 2.75) is 50.7 Å². The number of Topliss-reactive ketones (excluding diaryl/α,β-unsaturated/α-hetero) is 1. The van der Waals surface area contributed by atoms with Crippen molar-refractivity contribution in [3.05, 3.63) is 0 Å². The number of hydrogen-bond donors (Lipinski definition) is 0. The van der Waals surface area contributed by atoms with E-state index < -0.39 is 17.5 Å². The third-order valence-electron chi connectivity index (χ3n) is 2.66. The minimum atomic E-state index is -0.664. The largest absolute Gasteiger partial charge is 0.459 e. The van der Waals surface area contributed by atoms with Gasteiger partial charge in [0.1, 0.15) is 11.5 Å². The predicted molar refractivity (Wildman–Crippen MR) is 78.2 cm³/mol. The van der Waals surface area contributed by atoms with Crippen LogP contribution in [0.5, 0.6) is 0 Å². The molecule has 0 amide bonds. The van der Waals surface area contributed by atoms with E-state index >= 15 is 0 Å². The standard InChI is InChI=1S/C13H22O3S2/c1-8(12(15)16-13(3,4)5)10(14)11-9(2)17-6-7-18-11/h8-9,11H,6-7H2,1-5H3. The Morgan fingerprint density at radius 2 is 1.78 bits per heavy atom. The average Bonchev–Trinajstić information content (AvgIpc) is 2.25. The molecular formula is C13H22O3S2. The zero-order chi connectivity index (χ0) is 13.9. The Morgan fingerprint density at radius 1 is 1.22 bits per heavy atom. The summed E-state index contributed by atoms with van der Waals surface area (Å²) in [6.07, 6.45) is 0. The highest BCUT2D eigenvalue weighted by molar-refractivity contribution is 8.07. The third-order valence-corrected chi connectivity index (χ3v) is 5.76. The lowest BCUT2D eigenvalue weighted by molar-refractivity contribution is -0.161. The third kappa shape index (κ3) is 4.50. The lowest BCUT2D eigenvalue weighted by Gasteiger charge is -2.29. The fourth-order valence-corrected chi connectivity index (χ4v) is 4.51. The van der Waals surface area contributed by atoms with Gasteiger partial charge >= 0.3 is 5.97 Å². The zero-order valence-corrected chi connectivity index (χ0v) is 13.3. The number of rotatable bonds is 3. The summed E-state index contributed by atoms with van der Waals surface area (Å²) in [5.74, 6) is 0.996. The molecule has 0 bridgehead atoms. The van der Waals surface area contributed by atoms with Gasteiger partial charge in [0, 0.05) is 16.8 Å². The van der Waals surface area contributed by atoms with Gasteiger partial charge in [0.15, 0.2) is 5.78 Å². The summed E-state index contributed by atoms with van der Waals surface area (Å²) in [6, 6.07) is 0. The average molecular weight is 290 g/mol. The van der Waals surface area contributed by atoms with Crippen molar-refractivity contribution in [2.75, 3.05) is 11.5 Å².